The summed E-state index contributed by atoms with van der Waals surface area (Å²) < 4.78 is 6.33. The normalized spacial score (nSPS) is 20.5. The summed E-state index contributed by atoms with van der Waals surface area (Å²) in [6.07, 6.45) is 11.0. The topological polar surface area (TPSA) is 83.8 Å². The van der Waals surface area contributed by atoms with Gasteiger partial charge in [-0.15, -0.1) is 0 Å². The van der Waals surface area contributed by atoms with Crippen LogP contribution in [0.3, 0.4) is 0 Å². The molecule has 1 aromatic carbocycles. The molecule has 37 heavy (non-hydrogen) atoms. The minimum Gasteiger partial charge on any atom is -0.427 e. The van der Waals surface area contributed by atoms with Crippen LogP contribution < -0.4 is 4.74 Å². The third-order valence-corrected chi connectivity index (χ3v) is 9.78. The van der Waals surface area contributed by atoms with Gasteiger partial charge in [-0.25, -0.2) is 0 Å². The molecule has 0 radical (unpaired) electrons. The number of rotatable bonds is 15. The van der Waals surface area contributed by atoms with Gasteiger partial charge in [-0.05, 0) is 55.2 Å². The zero-order chi connectivity index (χ0) is 26.6. The van der Waals surface area contributed by atoms with E-state index in [4.69, 9.17) is 17.0 Å². The van der Waals surface area contributed by atoms with E-state index in [1.54, 1.807) is 26.8 Å². The van der Waals surface area contributed by atoms with E-state index in [2.05, 4.69) is 6.92 Å². The first-order valence-corrected chi connectivity index (χ1v) is 15.9. The second-order valence-electron chi connectivity index (χ2n) is 9.82. The molecule has 1 fully saturated rings. The highest BCUT2D eigenvalue weighted by Gasteiger charge is 2.39. The van der Waals surface area contributed by atoms with E-state index in [9.17, 15) is 19.8 Å². The van der Waals surface area contributed by atoms with Gasteiger partial charge in [0.25, 0.3) is 0 Å². The molecular weight excluding hydrogens is 525 g/mol. The smallest absolute Gasteiger partial charge is 0.311 e. The van der Waals surface area contributed by atoms with Gasteiger partial charge >= 0.3 is 5.97 Å². The molecule has 1 aliphatic rings. The summed E-state index contributed by atoms with van der Waals surface area (Å²) in [6, 6.07) is 9.47. The Labute approximate surface area is 232 Å². The van der Waals surface area contributed by atoms with Gasteiger partial charge in [-0.2, -0.15) is 0 Å². The van der Waals surface area contributed by atoms with Crippen LogP contribution in [0.4, 0.5) is 0 Å². The standard InChI is InChI=1S/C29H38O5S3/c1-2-3-6-9-21(30)14-17-24-23(25(31)18-26(24)32)10-7-4-5-8-11-28(33)34-22-15-12-20(13-16-22)27-19-29(35)37-36-27/h12-17,19,21,23-24,26,30,32H,2-11,18H2,1H3/b17-14+/t21-,23+,24+,26+/m0/s1. The molecule has 5 nitrogen and oxygen atoms in total. The Bertz CT molecular complexity index is 1070. The summed E-state index contributed by atoms with van der Waals surface area (Å²) in [6.45, 7) is 2.13. The largest absolute Gasteiger partial charge is 0.427 e. The lowest BCUT2D eigenvalue weighted by molar-refractivity contribution is -0.134. The van der Waals surface area contributed by atoms with E-state index >= 15 is 0 Å². The van der Waals surface area contributed by atoms with Crippen LogP contribution in [-0.4, -0.2) is 34.2 Å². The monoisotopic (exact) mass is 562 g/mol. The van der Waals surface area contributed by atoms with Gasteiger partial charge in [-0.3, -0.25) is 9.59 Å². The predicted octanol–water partition coefficient (Wildman–Crippen LogP) is 7.52. The third kappa shape index (κ3) is 9.84. The first-order valence-electron chi connectivity index (χ1n) is 13.4. The fraction of sp³-hybridized carbons (Fsp3) is 0.552. The molecule has 0 aliphatic heterocycles. The molecule has 2 N–H and O–H groups in total. The van der Waals surface area contributed by atoms with Crippen molar-refractivity contribution >= 4 is 44.7 Å². The van der Waals surface area contributed by atoms with Gasteiger partial charge in [-0.1, -0.05) is 90.5 Å². The van der Waals surface area contributed by atoms with Crippen molar-refractivity contribution in [3.8, 4) is 16.2 Å². The highest BCUT2D eigenvalue weighted by molar-refractivity contribution is 7.80. The molecular formula is C29H38O5S3. The first-order chi connectivity index (χ1) is 17.9. The number of ether oxygens (including phenoxy) is 1. The lowest BCUT2D eigenvalue weighted by Crippen LogP contribution is -2.19. The lowest BCUT2D eigenvalue weighted by Gasteiger charge is -2.18. The summed E-state index contributed by atoms with van der Waals surface area (Å²) >= 11 is 5.18. The minimum atomic E-state index is -0.662. The molecule has 0 amide bonds. The van der Waals surface area contributed by atoms with Crippen LogP contribution in [0.15, 0.2) is 42.5 Å². The summed E-state index contributed by atoms with van der Waals surface area (Å²) in [5, 5.41) is 20.5. The molecule has 1 saturated carbocycles. The van der Waals surface area contributed by atoms with Crippen molar-refractivity contribution in [1.29, 1.82) is 0 Å². The number of benzene rings is 1. The molecule has 4 atom stereocenters. The second-order valence-corrected chi connectivity index (χ2v) is 12.7. The highest BCUT2D eigenvalue weighted by Crippen LogP contribution is 2.34. The van der Waals surface area contributed by atoms with E-state index in [1.165, 1.54) is 0 Å². The number of aliphatic hydroxyl groups excluding tert-OH is 2. The fourth-order valence-corrected chi connectivity index (χ4v) is 7.18. The molecule has 3 rings (SSSR count). The maximum atomic E-state index is 12.4. The van der Waals surface area contributed by atoms with Crippen LogP contribution in [0, 0.1) is 15.7 Å². The summed E-state index contributed by atoms with van der Waals surface area (Å²) in [5.74, 6) is 0.0147. The zero-order valence-electron chi connectivity index (χ0n) is 21.5. The molecule has 0 saturated heterocycles. The quantitative estimate of drug-likeness (QED) is 0.0583. The summed E-state index contributed by atoms with van der Waals surface area (Å²) in [5.41, 5.74) is 1.06. The minimum absolute atomic E-state index is 0.112. The molecule has 0 spiro atoms. The van der Waals surface area contributed by atoms with Gasteiger partial charge < -0.3 is 14.9 Å². The van der Waals surface area contributed by atoms with Crippen LogP contribution in [0.2, 0.25) is 0 Å². The van der Waals surface area contributed by atoms with Gasteiger partial charge in [0.1, 0.15) is 15.4 Å². The molecule has 1 heterocycles. The van der Waals surface area contributed by atoms with Gasteiger partial charge in [0.2, 0.25) is 0 Å². The van der Waals surface area contributed by atoms with Crippen molar-refractivity contribution < 1.29 is 24.5 Å². The van der Waals surface area contributed by atoms with Gasteiger partial charge in [0.05, 0.1) is 12.2 Å². The SMILES string of the molecule is CCCCC[C@H](O)/C=C/[C@H]1[C@H](O)CC(=O)[C@@H]1CCCCCCC(=O)Oc1ccc(-c2cc(=S)ss2)cc1. The molecule has 202 valence electrons. The van der Waals surface area contributed by atoms with E-state index in [1.807, 2.05) is 36.4 Å². The van der Waals surface area contributed by atoms with Gasteiger partial charge in [0.15, 0.2) is 0 Å². The summed E-state index contributed by atoms with van der Waals surface area (Å²) in [4.78, 5) is 25.7. The fourth-order valence-electron chi connectivity index (χ4n) is 4.78. The number of esters is 1. The number of carbonyl (C=O) groups excluding carboxylic acids is 2. The van der Waals surface area contributed by atoms with E-state index < -0.39 is 12.2 Å². The molecule has 1 aliphatic carbocycles. The molecule has 2 aromatic rings. The molecule has 8 heteroatoms. The number of hydrogen-bond acceptors (Lipinski definition) is 8. The van der Waals surface area contributed by atoms with Crippen LogP contribution >= 0.6 is 32.9 Å². The van der Waals surface area contributed by atoms with Crippen LogP contribution in [0.5, 0.6) is 5.75 Å². The Hall–Kier alpha value is -1.71. The third-order valence-electron chi connectivity index (χ3n) is 6.87. The second kappa shape index (κ2) is 15.6. The molecule has 1 aromatic heterocycles. The number of ketones is 1. The van der Waals surface area contributed by atoms with E-state index in [0.29, 0.717) is 18.6 Å². The summed E-state index contributed by atoms with van der Waals surface area (Å²) in [7, 11) is 3.21. The predicted molar refractivity (Wildman–Crippen MR) is 154 cm³/mol. The number of Topliss-reactive ketones (excluding diaryl/α,β-unsaturated/α-hetero) is 1. The average Bonchev–Trinajstić information content (AvgIpc) is 3.42. The van der Waals surface area contributed by atoms with Crippen molar-refractivity contribution in [2.45, 2.75) is 89.8 Å². The highest BCUT2D eigenvalue weighted by atomic mass is 32.9. The van der Waals surface area contributed by atoms with Crippen LogP contribution in [0.1, 0.15) is 77.6 Å². The number of aliphatic hydroxyl groups is 2. The number of carbonyl (C=O) groups is 2. The maximum Gasteiger partial charge on any atom is 0.311 e. The van der Waals surface area contributed by atoms with Crippen molar-refractivity contribution in [3.63, 3.8) is 0 Å². The Balaban J connectivity index is 1.33. The first kappa shape index (κ1) is 29.8. The van der Waals surface area contributed by atoms with Crippen molar-refractivity contribution in [2.24, 2.45) is 11.8 Å². The van der Waals surface area contributed by atoms with E-state index in [0.717, 1.165) is 65.6 Å². The zero-order valence-corrected chi connectivity index (χ0v) is 23.9. The van der Waals surface area contributed by atoms with Crippen molar-refractivity contribution in [3.05, 3.63) is 46.3 Å². The maximum absolute atomic E-state index is 12.4. The van der Waals surface area contributed by atoms with E-state index in [-0.39, 0.29) is 30.0 Å². The van der Waals surface area contributed by atoms with Crippen LogP contribution in [0.25, 0.3) is 10.4 Å². The Morgan fingerprint density at radius 2 is 1.89 bits per heavy atom. The molecule has 0 bridgehead atoms. The number of hydrogen-bond donors (Lipinski definition) is 2. The van der Waals surface area contributed by atoms with Crippen molar-refractivity contribution in [1.82, 2.24) is 0 Å². The Morgan fingerprint density at radius 1 is 1.14 bits per heavy atom. The van der Waals surface area contributed by atoms with Gasteiger partial charge in [0, 0.05) is 29.6 Å². The van der Waals surface area contributed by atoms with Crippen molar-refractivity contribution in [2.75, 3.05) is 0 Å². The Morgan fingerprint density at radius 3 is 2.59 bits per heavy atom. The lowest BCUT2D eigenvalue weighted by atomic mass is 9.88. The average molecular weight is 563 g/mol. The molecule has 0 unspecified atom stereocenters. The Kier molecular flexibility index (Phi) is 12.6. The number of unbranched alkanes of at least 4 members (excludes halogenated alkanes) is 5. The van der Waals surface area contributed by atoms with Crippen LogP contribution in [-0.2, 0) is 9.59 Å².